The molecule has 0 atom stereocenters. The number of nitrogens with one attached hydrogen (secondary N) is 1. The van der Waals surface area contributed by atoms with Crippen molar-refractivity contribution in [2.75, 3.05) is 18.2 Å². The lowest BCUT2D eigenvalue weighted by Crippen LogP contribution is -2.22. The van der Waals surface area contributed by atoms with E-state index < -0.39 is 21.7 Å². The summed E-state index contributed by atoms with van der Waals surface area (Å²) in [5.74, 6) is -1.28. The molecule has 1 N–H and O–H groups in total. The van der Waals surface area contributed by atoms with E-state index in [9.17, 15) is 17.2 Å². The number of benzene rings is 1. The Hall–Kier alpha value is -2.59. The molecule has 0 fully saturated rings. The van der Waals surface area contributed by atoms with Gasteiger partial charge in [-0.15, -0.1) is 0 Å². The van der Waals surface area contributed by atoms with Gasteiger partial charge in [0.2, 0.25) is 10.0 Å². The molecule has 0 bridgehead atoms. The molecule has 3 rings (SSSR count). The summed E-state index contributed by atoms with van der Waals surface area (Å²) in [7, 11) is -0.151. The lowest BCUT2D eigenvalue weighted by atomic mass is 10.1. The van der Waals surface area contributed by atoms with Gasteiger partial charge in [-0.3, -0.25) is 0 Å². The molecule has 0 saturated carbocycles. The second-order valence-corrected chi connectivity index (χ2v) is 7.78. The van der Waals surface area contributed by atoms with Crippen LogP contribution >= 0.6 is 0 Å². The summed E-state index contributed by atoms with van der Waals surface area (Å²) in [6.07, 6.45) is 4.13. The number of hydrogen-bond acceptors (Lipinski definition) is 5. The molecule has 0 aliphatic rings. The molecule has 0 spiro atoms. The standard InChI is InChI=1S/C16H17F2N5O2S/c1-22-9-20-13-8-19-15(6-14(13)22)23(2)16-11(17)4-10(5-12(16)18)7-21-26(3,24)25/h4-6,8-9,21H,7H2,1-3H3. The molecule has 2 aromatic heterocycles. The topological polar surface area (TPSA) is 80.1 Å². The second kappa shape index (κ2) is 6.61. The zero-order valence-electron chi connectivity index (χ0n) is 14.4. The van der Waals surface area contributed by atoms with E-state index in [1.807, 2.05) is 7.05 Å². The largest absolute Gasteiger partial charge is 0.334 e. The third-order valence-corrected chi connectivity index (χ3v) is 4.56. The minimum atomic E-state index is -3.46. The Morgan fingerprint density at radius 1 is 1.19 bits per heavy atom. The number of sulfonamides is 1. The molecule has 138 valence electrons. The lowest BCUT2D eigenvalue weighted by Gasteiger charge is -2.20. The Kier molecular flexibility index (Phi) is 4.63. The third kappa shape index (κ3) is 3.65. The van der Waals surface area contributed by atoms with Gasteiger partial charge in [-0.2, -0.15) is 0 Å². The summed E-state index contributed by atoms with van der Waals surface area (Å²) in [5, 5.41) is 0. The molecule has 0 amide bonds. The first-order valence-corrected chi connectivity index (χ1v) is 9.48. The number of anilines is 2. The molecule has 3 aromatic rings. The molecule has 7 nitrogen and oxygen atoms in total. The highest BCUT2D eigenvalue weighted by atomic mass is 32.2. The maximum Gasteiger partial charge on any atom is 0.209 e. The van der Waals surface area contributed by atoms with Gasteiger partial charge in [0, 0.05) is 26.7 Å². The minimum absolute atomic E-state index is 0.178. The van der Waals surface area contributed by atoms with Crippen molar-refractivity contribution in [3.63, 3.8) is 0 Å². The van der Waals surface area contributed by atoms with E-state index in [2.05, 4.69) is 14.7 Å². The van der Waals surface area contributed by atoms with Crippen molar-refractivity contribution in [2.24, 2.45) is 7.05 Å². The van der Waals surface area contributed by atoms with Crippen LogP contribution in [0.4, 0.5) is 20.3 Å². The first-order valence-electron chi connectivity index (χ1n) is 7.59. The number of pyridine rings is 1. The highest BCUT2D eigenvalue weighted by Gasteiger charge is 2.18. The van der Waals surface area contributed by atoms with Crippen molar-refractivity contribution in [3.8, 4) is 0 Å². The van der Waals surface area contributed by atoms with E-state index in [4.69, 9.17) is 0 Å². The summed E-state index contributed by atoms with van der Waals surface area (Å²) >= 11 is 0. The normalized spacial score (nSPS) is 11.9. The minimum Gasteiger partial charge on any atom is -0.334 e. The smallest absolute Gasteiger partial charge is 0.209 e. The monoisotopic (exact) mass is 381 g/mol. The van der Waals surface area contributed by atoms with Crippen LogP contribution in [0.25, 0.3) is 11.0 Å². The van der Waals surface area contributed by atoms with E-state index >= 15 is 0 Å². The molecule has 0 aliphatic heterocycles. The van der Waals surface area contributed by atoms with Crippen LogP contribution in [0.2, 0.25) is 0 Å². The van der Waals surface area contributed by atoms with Gasteiger partial charge in [0.25, 0.3) is 0 Å². The lowest BCUT2D eigenvalue weighted by molar-refractivity contribution is 0.574. The first kappa shape index (κ1) is 18.2. The van der Waals surface area contributed by atoms with Gasteiger partial charge in [-0.05, 0) is 17.7 Å². The fourth-order valence-corrected chi connectivity index (χ4v) is 3.00. The average molecular weight is 381 g/mol. The van der Waals surface area contributed by atoms with Gasteiger partial charge in [-0.25, -0.2) is 31.9 Å². The van der Waals surface area contributed by atoms with E-state index in [1.165, 1.54) is 18.1 Å². The van der Waals surface area contributed by atoms with Gasteiger partial charge in [0.15, 0.2) is 0 Å². The van der Waals surface area contributed by atoms with E-state index in [0.29, 0.717) is 11.3 Å². The van der Waals surface area contributed by atoms with Gasteiger partial charge in [-0.1, -0.05) is 0 Å². The zero-order valence-corrected chi connectivity index (χ0v) is 15.2. The van der Waals surface area contributed by atoms with Crippen molar-refractivity contribution in [2.45, 2.75) is 6.54 Å². The van der Waals surface area contributed by atoms with Crippen molar-refractivity contribution >= 4 is 32.6 Å². The molecule has 0 unspecified atom stereocenters. The van der Waals surface area contributed by atoms with Gasteiger partial charge in [0.05, 0.1) is 24.3 Å². The Bertz CT molecular complexity index is 1060. The average Bonchev–Trinajstić information content (AvgIpc) is 2.92. The molecule has 0 radical (unpaired) electrons. The van der Waals surface area contributed by atoms with E-state index in [-0.39, 0.29) is 17.8 Å². The Balaban J connectivity index is 1.95. The van der Waals surface area contributed by atoms with Gasteiger partial charge in [0.1, 0.15) is 28.7 Å². The summed E-state index contributed by atoms with van der Waals surface area (Å²) < 4.78 is 55.2. The number of nitrogens with zero attached hydrogens (tertiary/aromatic N) is 4. The van der Waals surface area contributed by atoms with Crippen molar-refractivity contribution < 1.29 is 17.2 Å². The third-order valence-electron chi connectivity index (χ3n) is 3.89. The summed E-state index contributed by atoms with van der Waals surface area (Å²) in [6.45, 7) is -0.199. The van der Waals surface area contributed by atoms with Gasteiger partial charge < -0.3 is 9.47 Å². The van der Waals surface area contributed by atoms with Gasteiger partial charge >= 0.3 is 0 Å². The summed E-state index contributed by atoms with van der Waals surface area (Å²) in [5.41, 5.74) is 1.35. The number of fused-ring (bicyclic) bond motifs is 1. The van der Waals surface area contributed by atoms with Crippen LogP contribution in [-0.4, -0.2) is 36.3 Å². The Morgan fingerprint density at radius 3 is 2.46 bits per heavy atom. The molecule has 0 aliphatic carbocycles. The zero-order chi connectivity index (χ0) is 19.1. The highest BCUT2D eigenvalue weighted by Crippen LogP contribution is 2.30. The molecule has 0 saturated heterocycles. The van der Waals surface area contributed by atoms with Crippen molar-refractivity contribution in [1.29, 1.82) is 0 Å². The molecule has 2 heterocycles. The van der Waals surface area contributed by atoms with Crippen LogP contribution in [0.5, 0.6) is 0 Å². The maximum atomic E-state index is 14.5. The highest BCUT2D eigenvalue weighted by molar-refractivity contribution is 7.88. The van der Waals surface area contributed by atoms with Crippen LogP contribution in [0.1, 0.15) is 5.56 Å². The number of rotatable bonds is 5. The first-order chi connectivity index (χ1) is 12.2. The maximum absolute atomic E-state index is 14.5. The second-order valence-electron chi connectivity index (χ2n) is 5.95. The van der Waals surface area contributed by atoms with E-state index in [1.54, 1.807) is 17.0 Å². The molecule has 26 heavy (non-hydrogen) atoms. The van der Waals surface area contributed by atoms with Crippen LogP contribution in [0.3, 0.4) is 0 Å². The molecular formula is C16H17F2N5O2S. The number of aryl methyl sites for hydroxylation is 1. The van der Waals surface area contributed by atoms with Crippen LogP contribution in [-0.2, 0) is 23.6 Å². The Labute approximate surface area is 149 Å². The van der Waals surface area contributed by atoms with Crippen molar-refractivity contribution in [1.82, 2.24) is 19.3 Å². The van der Waals surface area contributed by atoms with Crippen LogP contribution in [0.15, 0.2) is 30.7 Å². The fourth-order valence-electron chi connectivity index (χ4n) is 2.57. The van der Waals surface area contributed by atoms with Crippen molar-refractivity contribution in [3.05, 3.63) is 47.9 Å². The van der Waals surface area contributed by atoms with Crippen LogP contribution < -0.4 is 9.62 Å². The predicted molar refractivity (Wildman–Crippen MR) is 94.6 cm³/mol. The van der Waals surface area contributed by atoms with Crippen LogP contribution in [0, 0.1) is 11.6 Å². The number of imidazole rings is 1. The summed E-state index contributed by atoms with van der Waals surface area (Å²) in [6, 6.07) is 3.87. The predicted octanol–water partition coefficient (Wildman–Crippen LogP) is 2.06. The molecular weight excluding hydrogens is 364 g/mol. The fraction of sp³-hybridized carbons (Fsp3) is 0.250. The molecule has 10 heteroatoms. The number of halogens is 2. The summed E-state index contributed by atoms with van der Waals surface area (Å²) in [4.78, 5) is 9.65. The Morgan fingerprint density at radius 2 is 1.85 bits per heavy atom. The SMILES string of the molecule is CN(c1cc2c(cn1)ncn2C)c1c(F)cc(CNS(C)(=O)=O)cc1F. The molecule has 1 aromatic carbocycles. The van der Waals surface area contributed by atoms with E-state index in [0.717, 1.165) is 23.9 Å². The number of hydrogen-bond donors (Lipinski definition) is 1. The quantitative estimate of drug-likeness (QED) is 0.732. The number of aromatic nitrogens is 3.